The fraction of sp³-hybridized carbons (Fsp3) is 0.208. The fourth-order valence-electron chi connectivity index (χ4n) is 2.90. The van der Waals surface area contributed by atoms with Gasteiger partial charge in [-0.2, -0.15) is 0 Å². The van der Waals surface area contributed by atoms with Crippen molar-refractivity contribution in [3.63, 3.8) is 0 Å². The normalized spacial score (nSPS) is 10.6. The molecule has 3 aromatic rings. The number of benzene rings is 3. The molecule has 5 heteroatoms. The van der Waals surface area contributed by atoms with E-state index in [1.165, 1.54) is 0 Å². The Morgan fingerprint density at radius 2 is 1.69 bits per heavy atom. The van der Waals surface area contributed by atoms with Gasteiger partial charge in [0, 0.05) is 22.7 Å². The van der Waals surface area contributed by atoms with Gasteiger partial charge in [-0.25, -0.2) is 0 Å². The van der Waals surface area contributed by atoms with Crippen LogP contribution in [0.4, 0.5) is 0 Å². The third kappa shape index (κ3) is 6.08. The average Bonchev–Trinajstić information content (AvgIpc) is 2.75. The Hall–Kier alpha value is -2.82. The molecule has 3 aromatic carbocycles. The molecule has 0 saturated heterocycles. The van der Waals surface area contributed by atoms with Gasteiger partial charge in [0.2, 0.25) is 0 Å². The zero-order valence-corrected chi connectivity index (χ0v) is 17.1. The van der Waals surface area contributed by atoms with Crippen molar-refractivity contribution in [3.8, 4) is 5.75 Å². The summed E-state index contributed by atoms with van der Waals surface area (Å²) in [5.41, 5.74) is 3.37. The van der Waals surface area contributed by atoms with Crippen LogP contribution in [0.3, 0.4) is 0 Å². The van der Waals surface area contributed by atoms with E-state index in [1.54, 1.807) is 6.07 Å². The van der Waals surface area contributed by atoms with Crippen molar-refractivity contribution in [1.82, 2.24) is 5.32 Å². The van der Waals surface area contributed by atoms with E-state index in [1.807, 2.05) is 73.7 Å². The first-order valence-electron chi connectivity index (χ1n) is 9.56. The van der Waals surface area contributed by atoms with Gasteiger partial charge in [-0.3, -0.25) is 4.79 Å². The maximum Gasteiger partial charge on any atom is 0.251 e. The van der Waals surface area contributed by atoms with E-state index in [0.717, 1.165) is 22.4 Å². The molecule has 0 aliphatic rings. The quantitative estimate of drug-likeness (QED) is 0.515. The summed E-state index contributed by atoms with van der Waals surface area (Å²) in [4.78, 5) is 12.6. The second-order valence-corrected chi connectivity index (χ2v) is 6.92. The summed E-state index contributed by atoms with van der Waals surface area (Å²) in [5.74, 6) is 0.556. The van der Waals surface area contributed by atoms with E-state index in [0.29, 0.717) is 37.0 Å². The number of nitrogens with one attached hydrogen (secondary N) is 1. The molecule has 1 amide bonds. The van der Waals surface area contributed by atoms with E-state index in [-0.39, 0.29) is 5.91 Å². The third-order valence-electron chi connectivity index (χ3n) is 4.39. The van der Waals surface area contributed by atoms with E-state index in [9.17, 15) is 4.79 Å². The molecule has 0 fully saturated rings. The van der Waals surface area contributed by atoms with E-state index < -0.39 is 0 Å². The largest absolute Gasteiger partial charge is 0.494 e. The van der Waals surface area contributed by atoms with Crippen LogP contribution in [0.15, 0.2) is 72.8 Å². The van der Waals surface area contributed by atoms with Crippen molar-refractivity contribution in [2.24, 2.45) is 0 Å². The molecule has 29 heavy (non-hydrogen) atoms. The zero-order chi connectivity index (χ0) is 20.5. The van der Waals surface area contributed by atoms with E-state index >= 15 is 0 Å². The maximum atomic E-state index is 12.6. The Kier molecular flexibility index (Phi) is 7.68. The molecule has 0 saturated carbocycles. The Morgan fingerprint density at radius 1 is 0.931 bits per heavy atom. The summed E-state index contributed by atoms with van der Waals surface area (Å²) in [6.45, 7) is 3.69. The minimum absolute atomic E-state index is 0.169. The summed E-state index contributed by atoms with van der Waals surface area (Å²) in [6, 6.07) is 22.8. The van der Waals surface area contributed by atoms with Crippen molar-refractivity contribution in [3.05, 3.63) is 100 Å². The summed E-state index contributed by atoms with van der Waals surface area (Å²) in [7, 11) is 0. The molecular weight excluding hydrogens is 386 g/mol. The lowest BCUT2D eigenvalue weighted by atomic mass is 10.1. The zero-order valence-electron chi connectivity index (χ0n) is 16.4. The van der Waals surface area contributed by atoms with E-state index in [2.05, 4.69) is 5.32 Å². The van der Waals surface area contributed by atoms with Crippen LogP contribution in [0, 0.1) is 0 Å². The molecule has 0 aliphatic carbocycles. The van der Waals surface area contributed by atoms with Crippen molar-refractivity contribution in [2.45, 2.75) is 26.7 Å². The number of ether oxygens (including phenoxy) is 2. The molecule has 0 aromatic heterocycles. The standard InChI is InChI=1S/C24H24ClNO3/c1-2-29-23-13-12-19(24(27)26-15-20-10-6-7-11-22(20)25)14-21(23)17-28-16-18-8-4-3-5-9-18/h3-14H,2,15-17H2,1H3,(H,26,27). The molecule has 1 N–H and O–H groups in total. The molecular formula is C24H24ClNO3. The fourth-order valence-corrected chi connectivity index (χ4v) is 3.10. The minimum atomic E-state index is -0.169. The lowest BCUT2D eigenvalue weighted by Gasteiger charge is -2.13. The summed E-state index contributed by atoms with van der Waals surface area (Å²) in [6.07, 6.45) is 0. The first kappa shape index (κ1) is 20.9. The first-order chi connectivity index (χ1) is 14.2. The molecule has 150 valence electrons. The molecule has 0 bridgehead atoms. The first-order valence-corrected chi connectivity index (χ1v) is 9.94. The lowest BCUT2D eigenvalue weighted by molar-refractivity contribution is 0.0948. The second kappa shape index (κ2) is 10.6. The highest BCUT2D eigenvalue weighted by Crippen LogP contribution is 2.22. The molecule has 0 spiro atoms. The van der Waals surface area contributed by atoms with Crippen molar-refractivity contribution >= 4 is 17.5 Å². The lowest BCUT2D eigenvalue weighted by Crippen LogP contribution is -2.23. The van der Waals surface area contributed by atoms with E-state index in [4.69, 9.17) is 21.1 Å². The molecule has 0 heterocycles. The molecule has 4 nitrogen and oxygen atoms in total. The van der Waals surface area contributed by atoms with Crippen molar-refractivity contribution in [1.29, 1.82) is 0 Å². The SMILES string of the molecule is CCOc1ccc(C(=O)NCc2ccccc2Cl)cc1COCc1ccccc1. The topological polar surface area (TPSA) is 47.6 Å². The summed E-state index contributed by atoms with van der Waals surface area (Å²) in [5, 5.41) is 3.55. The Morgan fingerprint density at radius 3 is 2.45 bits per heavy atom. The minimum Gasteiger partial charge on any atom is -0.494 e. The van der Waals surface area contributed by atoms with Crippen LogP contribution >= 0.6 is 11.6 Å². The maximum absolute atomic E-state index is 12.6. The number of carbonyl (C=O) groups excluding carboxylic acids is 1. The van der Waals surface area contributed by atoms with Gasteiger partial charge in [0.05, 0.1) is 19.8 Å². The Balaban J connectivity index is 1.66. The molecule has 0 unspecified atom stereocenters. The van der Waals surface area contributed by atoms with Gasteiger partial charge in [-0.1, -0.05) is 60.1 Å². The summed E-state index contributed by atoms with van der Waals surface area (Å²) < 4.78 is 11.5. The Labute approximate surface area is 176 Å². The van der Waals surface area contributed by atoms with Gasteiger partial charge >= 0.3 is 0 Å². The van der Waals surface area contributed by atoms with Crippen molar-refractivity contribution < 1.29 is 14.3 Å². The van der Waals surface area contributed by atoms with Gasteiger partial charge in [0.1, 0.15) is 5.75 Å². The number of carbonyl (C=O) groups is 1. The van der Waals surface area contributed by atoms with Crippen LogP contribution in [0.2, 0.25) is 5.02 Å². The molecule has 0 aliphatic heterocycles. The number of halogens is 1. The van der Waals surface area contributed by atoms with Gasteiger partial charge in [-0.15, -0.1) is 0 Å². The van der Waals surface area contributed by atoms with Crippen LogP contribution in [-0.2, 0) is 24.5 Å². The highest BCUT2D eigenvalue weighted by atomic mass is 35.5. The van der Waals surface area contributed by atoms with Gasteiger partial charge in [0.25, 0.3) is 5.91 Å². The van der Waals surface area contributed by atoms with Crippen molar-refractivity contribution in [2.75, 3.05) is 6.61 Å². The molecule has 3 rings (SSSR count). The predicted molar refractivity (Wildman–Crippen MR) is 115 cm³/mol. The third-order valence-corrected chi connectivity index (χ3v) is 4.76. The Bertz CT molecular complexity index is 944. The molecule has 0 radical (unpaired) electrons. The summed E-state index contributed by atoms with van der Waals surface area (Å²) >= 11 is 6.16. The number of hydrogen-bond donors (Lipinski definition) is 1. The van der Waals surface area contributed by atoms with Crippen LogP contribution < -0.4 is 10.1 Å². The highest BCUT2D eigenvalue weighted by molar-refractivity contribution is 6.31. The number of rotatable bonds is 9. The van der Waals surface area contributed by atoms with Crippen LogP contribution in [0.5, 0.6) is 5.75 Å². The van der Waals surface area contributed by atoms with Crippen LogP contribution in [0.1, 0.15) is 34.0 Å². The predicted octanol–water partition coefficient (Wildman–Crippen LogP) is 5.39. The smallest absolute Gasteiger partial charge is 0.251 e. The van der Waals surface area contributed by atoms with Gasteiger partial charge in [-0.05, 0) is 42.3 Å². The van der Waals surface area contributed by atoms with Crippen LogP contribution in [0.25, 0.3) is 0 Å². The number of amides is 1. The van der Waals surface area contributed by atoms with Gasteiger partial charge in [0.15, 0.2) is 0 Å². The second-order valence-electron chi connectivity index (χ2n) is 6.51. The van der Waals surface area contributed by atoms with Gasteiger partial charge < -0.3 is 14.8 Å². The monoisotopic (exact) mass is 409 g/mol. The number of hydrogen-bond acceptors (Lipinski definition) is 3. The average molecular weight is 410 g/mol. The van der Waals surface area contributed by atoms with Crippen LogP contribution in [-0.4, -0.2) is 12.5 Å². The highest BCUT2D eigenvalue weighted by Gasteiger charge is 2.11. The molecule has 0 atom stereocenters.